The Morgan fingerprint density at radius 1 is 0.964 bits per heavy atom. The van der Waals surface area contributed by atoms with Crippen molar-refractivity contribution < 1.29 is 14.3 Å². The first-order valence-corrected chi connectivity index (χ1v) is 9.53. The number of carbonyl (C=O) groups is 2. The van der Waals surface area contributed by atoms with Gasteiger partial charge in [-0.05, 0) is 26.0 Å². The fraction of sp³-hybridized carbons (Fsp3) is 0.348. The van der Waals surface area contributed by atoms with Crippen molar-refractivity contribution in [1.82, 2.24) is 4.90 Å². The lowest BCUT2D eigenvalue weighted by atomic mass is 9.76. The Labute approximate surface area is 165 Å². The molecule has 2 aromatic rings. The summed E-state index contributed by atoms with van der Waals surface area (Å²) in [6.07, 6.45) is 0. The quantitative estimate of drug-likeness (QED) is 0.692. The number of hydrogen-bond donors (Lipinski definition) is 0. The van der Waals surface area contributed by atoms with Crippen LogP contribution in [-0.2, 0) is 15.1 Å². The molecule has 0 bridgehead atoms. The number of amides is 2. The van der Waals surface area contributed by atoms with Crippen LogP contribution in [0.4, 0.5) is 5.69 Å². The van der Waals surface area contributed by atoms with Gasteiger partial charge >= 0.3 is 0 Å². The maximum Gasteiger partial charge on any atom is 0.283 e. The Morgan fingerprint density at radius 2 is 1.57 bits per heavy atom. The van der Waals surface area contributed by atoms with Crippen LogP contribution in [0.25, 0.3) is 0 Å². The fourth-order valence-corrected chi connectivity index (χ4v) is 3.83. The highest BCUT2D eigenvalue weighted by Crippen LogP contribution is 2.49. The van der Waals surface area contributed by atoms with Gasteiger partial charge in [-0.1, -0.05) is 57.2 Å². The maximum atomic E-state index is 13.9. The van der Waals surface area contributed by atoms with Crippen LogP contribution in [0.1, 0.15) is 56.1 Å². The van der Waals surface area contributed by atoms with Gasteiger partial charge in [-0.2, -0.15) is 0 Å². The second-order valence-corrected chi connectivity index (χ2v) is 8.59. The first-order chi connectivity index (χ1) is 13.2. The molecule has 0 saturated heterocycles. The lowest BCUT2D eigenvalue weighted by Gasteiger charge is -2.46. The molecule has 5 heteroatoms. The van der Waals surface area contributed by atoms with Gasteiger partial charge in [0.25, 0.3) is 11.8 Å². The molecule has 0 radical (unpaired) electrons. The van der Waals surface area contributed by atoms with E-state index in [9.17, 15) is 9.59 Å². The van der Waals surface area contributed by atoms with Crippen LogP contribution in [-0.4, -0.2) is 28.7 Å². The first-order valence-electron chi connectivity index (χ1n) is 9.53. The topological polar surface area (TPSA) is 59.0 Å². The number of imide groups is 1. The number of nitrogens with zero attached hydrogens (tertiary/aromatic N) is 2. The SMILES string of the molecule is CC(C)N1C(=O)c2ccccc2C2(OC(C(C)(C)C)=Nc3ccccc32)C1=O. The molecule has 2 amide bonds. The average molecular weight is 376 g/mol. The summed E-state index contributed by atoms with van der Waals surface area (Å²) >= 11 is 0. The molecule has 5 nitrogen and oxygen atoms in total. The number of aliphatic imine (C=N–C) groups is 1. The minimum Gasteiger partial charge on any atom is -0.454 e. The molecule has 144 valence electrons. The van der Waals surface area contributed by atoms with Crippen LogP contribution in [0.2, 0.25) is 0 Å². The molecular weight excluding hydrogens is 352 g/mol. The van der Waals surface area contributed by atoms with Gasteiger partial charge in [-0.25, -0.2) is 4.99 Å². The van der Waals surface area contributed by atoms with Crippen LogP contribution in [0, 0.1) is 5.41 Å². The summed E-state index contributed by atoms with van der Waals surface area (Å²) in [5, 5.41) is 0. The third kappa shape index (κ3) is 2.42. The summed E-state index contributed by atoms with van der Waals surface area (Å²) in [6.45, 7) is 9.67. The van der Waals surface area contributed by atoms with E-state index >= 15 is 0 Å². The van der Waals surface area contributed by atoms with E-state index in [1.807, 2.05) is 77.1 Å². The Balaban J connectivity index is 2.09. The van der Waals surface area contributed by atoms with E-state index < -0.39 is 11.0 Å². The van der Waals surface area contributed by atoms with Crippen molar-refractivity contribution in [2.45, 2.75) is 46.3 Å². The molecular formula is C23H24N2O3. The molecule has 0 aromatic heterocycles. The largest absolute Gasteiger partial charge is 0.454 e. The summed E-state index contributed by atoms with van der Waals surface area (Å²) in [5.41, 5.74) is 0.598. The molecule has 2 heterocycles. The molecule has 1 spiro atoms. The standard InChI is InChI=1S/C23H24N2O3/c1-14(2)25-19(26)15-10-6-7-11-16(15)23(21(25)27)17-12-8-9-13-18(17)24-20(28-23)22(3,4)5/h6-14H,1-5H3. The normalized spacial score (nSPS) is 21.4. The van der Waals surface area contributed by atoms with Gasteiger partial charge in [0.1, 0.15) is 0 Å². The Morgan fingerprint density at radius 3 is 2.21 bits per heavy atom. The van der Waals surface area contributed by atoms with E-state index in [0.717, 1.165) is 0 Å². The first kappa shape index (κ1) is 18.4. The second kappa shape index (κ2) is 6.03. The summed E-state index contributed by atoms with van der Waals surface area (Å²) in [6, 6.07) is 14.4. The molecule has 0 fully saturated rings. The summed E-state index contributed by atoms with van der Waals surface area (Å²) in [7, 11) is 0. The summed E-state index contributed by atoms with van der Waals surface area (Å²) < 4.78 is 6.48. The minimum absolute atomic E-state index is 0.290. The third-order valence-corrected chi connectivity index (χ3v) is 5.19. The van der Waals surface area contributed by atoms with Gasteiger partial charge < -0.3 is 4.74 Å². The number of ether oxygens (including phenoxy) is 1. The molecule has 2 aliphatic rings. The summed E-state index contributed by atoms with van der Waals surface area (Å²) in [4.78, 5) is 33.0. The van der Waals surface area contributed by atoms with Crippen molar-refractivity contribution in [2.24, 2.45) is 10.4 Å². The van der Waals surface area contributed by atoms with Gasteiger partial charge in [0.2, 0.25) is 5.60 Å². The fourth-order valence-electron chi connectivity index (χ4n) is 3.83. The highest BCUT2D eigenvalue weighted by atomic mass is 16.5. The molecule has 2 aliphatic heterocycles. The Hall–Kier alpha value is -2.95. The molecule has 0 N–H and O–H groups in total. The smallest absolute Gasteiger partial charge is 0.283 e. The highest BCUT2D eigenvalue weighted by Gasteiger charge is 2.58. The van der Waals surface area contributed by atoms with E-state index in [4.69, 9.17) is 9.73 Å². The lowest BCUT2D eigenvalue weighted by molar-refractivity contribution is -0.147. The third-order valence-electron chi connectivity index (χ3n) is 5.19. The van der Waals surface area contributed by atoms with Gasteiger partial charge in [0.05, 0.1) is 5.69 Å². The monoisotopic (exact) mass is 376 g/mol. The highest BCUT2D eigenvalue weighted by molar-refractivity contribution is 6.15. The van der Waals surface area contributed by atoms with E-state index in [1.165, 1.54) is 4.90 Å². The van der Waals surface area contributed by atoms with Crippen LogP contribution in [0.5, 0.6) is 0 Å². The van der Waals surface area contributed by atoms with Crippen molar-refractivity contribution in [1.29, 1.82) is 0 Å². The Bertz CT molecular complexity index is 1020. The summed E-state index contributed by atoms with van der Waals surface area (Å²) in [5.74, 6) is -0.176. The van der Waals surface area contributed by atoms with Gasteiger partial charge in [-0.15, -0.1) is 0 Å². The van der Waals surface area contributed by atoms with Crippen molar-refractivity contribution in [3.63, 3.8) is 0 Å². The zero-order valence-electron chi connectivity index (χ0n) is 16.8. The van der Waals surface area contributed by atoms with Crippen molar-refractivity contribution >= 4 is 23.4 Å². The predicted molar refractivity (Wildman–Crippen MR) is 108 cm³/mol. The maximum absolute atomic E-state index is 13.9. The molecule has 1 atom stereocenters. The number of rotatable bonds is 1. The average Bonchev–Trinajstić information content (AvgIpc) is 2.65. The number of hydrogen-bond acceptors (Lipinski definition) is 4. The van der Waals surface area contributed by atoms with E-state index in [0.29, 0.717) is 28.3 Å². The van der Waals surface area contributed by atoms with Gasteiger partial charge in [-0.3, -0.25) is 14.5 Å². The number of fused-ring (bicyclic) bond motifs is 4. The molecule has 28 heavy (non-hydrogen) atoms. The van der Waals surface area contributed by atoms with Gasteiger partial charge in [0.15, 0.2) is 5.90 Å². The van der Waals surface area contributed by atoms with Crippen LogP contribution < -0.4 is 0 Å². The molecule has 4 rings (SSSR count). The van der Waals surface area contributed by atoms with Crippen molar-refractivity contribution in [3.8, 4) is 0 Å². The van der Waals surface area contributed by atoms with Crippen LogP contribution in [0.15, 0.2) is 53.5 Å². The molecule has 0 aliphatic carbocycles. The number of benzene rings is 2. The second-order valence-electron chi connectivity index (χ2n) is 8.59. The van der Waals surface area contributed by atoms with Crippen molar-refractivity contribution in [2.75, 3.05) is 0 Å². The van der Waals surface area contributed by atoms with Crippen molar-refractivity contribution in [3.05, 3.63) is 65.2 Å². The number of carbonyl (C=O) groups excluding carboxylic acids is 2. The molecule has 1 unspecified atom stereocenters. The van der Waals surface area contributed by atoms with E-state index in [1.54, 1.807) is 6.07 Å². The minimum atomic E-state index is -1.42. The molecule has 2 aromatic carbocycles. The van der Waals surface area contributed by atoms with Crippen LogP contribution in [0.3, 0.4) is 0 Å². The zero-order chi connectivity index (χ0) is 20.3. The Kier molecular flexibility index (Phi) is 3.96. The van der Waals surface area contributed by atoms with E-state index in [2.05, 4.69) is 0 Å². The van der Waals surface area contributed by atoms with E-state index in [-0.39, 0.29) is 17.9 Å². The van der Waals surface area contributed by atoms with Crippen LogP contribution >= 0.6 is 0 Å². The lowest BCUT2D eigenvalue weighted by Crippen LogP contribution is -2.60. The zero-order valence-corrected chi connectivity index (χ0v) is 16.8. The predicted octanol–water partition coefficient (Wildman–Crippen LogP) is 4.43. The number of para-hydroxylation sites is 1. The van der Waals surface area contributed by atoms with Gasteiger partial charge in [0, 0.05) is 28.1 Å². The molecule has 0 saturated carbocycles.